The molecule has 1 aliphatic carbocycles. The van der Waals surface area contributed by atoms with E-state index >= 15 is 0 Å². The molecule has 0 radical (unpaired) electrons. The first-order valence-electron chi connectivity index (χ1n) is 11.2. The van der Waals surface area contributed by atoms with Crippen LogP contribution in [0.5, 0.6) is 5.75 Å². The van der Waals surface area contributed by atoms with Gasteiger partial charge in [0.25, 0.3) is 22.7 Å². The Hall–Kier alpha value is -3.52. The van der Waals surface area contributed by atoms with Crippen molar-refractivity contribution in [2.45, 2.75) is 50.2 Å². The van der Waals surface area contributed by atoms with Gasteiger partial charge < -0.3 is 25.4 Å². The van der Waals surface area contributed by atoms with Gasteiger partial charge in [0.15, 0.2) is 11.4 Å². The van der Waals surface area contributed by atoms with Gasteiger partial charge in [-0.1, -0.05) is 18.3 Å². The van der Waals surface area contributed by atoms with Crippen molar-refractivity contribution in [1.82, 2.24) is 9.88 Å². The van der Waals surface area contributed by atoms with Gasteiger partial charge in [-0.15, -0.1) is 0 Å². The lowest BCUT2D eigenvalue weighted by Crippen LogP contribution is -2.48. The van der Waals surface area contributed by atoms with Gasteiger partial charge in [0.1, 0.15) is 29.6 Å². The van der Waals surface area contributed by atoms with Crippen molar-refractivity contribution in [3.05, 3.63) is 38.4 Å². The van der Waals surface area contributed by atoms with E-state index < -0.39 is 53.1 Å². The van der Waals surface area contributed by atoms with Crippen LogP contribution in [0.2, 0.25) is 0 Å². The zero-order valence-corrected chi connectivity index (χ0v) is 19.6. The summed E-state index contributed by atoms with van der Waals surface area (Å²) in [6.45, 7) is 0.727. The van der Waals surface area contributed by atoms with E-state index in [1.54, 1.807) is 0 Å². The van der Waals surface area contributed by atoms with Crippen molar-refractivity contribution in [2.24, 2.45) is 5.92 Å². The molecule has 1 aliphatic heterocycles. The number of amides is 1. The Labute approximate surface area is 200 Å². The molecular weight excluding hydrogens is 462 g/mol. The van der Waals surface area contributed by atoms with Gasteiger partial charge in [-0.05, 0) is 25.8 Å². The molecule has 9 nitrogen and oxygen atoms in total. The van der Waals surface area contributed by atoms with Crippen molar-refractivity contribution in [3.8, 4) is 17.6 Å². The summed E-state index contributed by atoms with van der Waals surface area (Å²) in [5.74, 6) is 2.06. The smallest absolute Gasteiger partial charge is 0.275 e. The lowest BCUT2D eigenvalue weighted by Gasteiger charge is -2.32. The highest BCUT2D eigenvalue weighted by Gasteiger charge is 2.52. The minimum atomic E-state index is -3.04. The fraction of sp³-hybridized carbons (Fsp3) is 0.500. The number of aromatic nitrogens is 1. The van der Waals surface area contributed by atoms with Crippen molar-refractivity contribution < 1.29 is 23.4 Å². The number of carbonyl (C=O) groups is 1. The summed E-state index contributed by atoms with van der Waals surface area (Å²) in [5.41, 5.74) is -3.71. The number of hydrogen-bond acceptors (Lipinski definition) is 8. The quantitative estimate of drug-likeness (QED) is 0.418. The first kappa shape index (κ1) is 24.6. The first-order chi connectivity index (χ1) is 16.4. The van der Waals surface area contributed by atoms with E-state index in [-0.39, 0.29) is 28.7 Å². The van der Waals surface area contributed by atoms with Crippen molar-refractivity contribution >= 4 is 23.0 Å². The second-order valence-electron chi connectivity index (χ2n) is 9.42. The van der Waals surface area contributed by atoms with Crippen LogP contribution in [0.4, 0.5) is 25.8 Å². The molecule has 0 bridgehead atoms. The number of aromatic hydroxyl groups is 1. The molecule has 2 atom stereocenters. The van der Waals surface area contributed by atoms with E-state index in [1.807, 2.05) is 0 Å². The number of halogens is 2. The van der Waals surface area contributed by atoms with E-state index in [2.05, 4.69) is 27.5 Å². The van der Waals surface area contributed by atoms with Gasteiger partial charge in [0, 0.05) is 32.6 Å². The molecule has 2 aromatic rings. The van der Waals surface area contributed by atoms with Crippen LogP contribution in [-0.4, -0.2) is 59.2 Å². The van der Waals surface area contributed by atoms with Gasteiger partial charge >= 0.3 is 0 Å². The largest absolute Gasteiger partial charge is 0.504 e. The fourth-order valence-electron chi connectivity index (χ4n) is 4.02. The summed E-state index contributed by atoms with van der Waals surface area (Å²) in [7, 11) is 2.98. The van der Waals surface area contributed by atoms with Gasteiger partial charge in [0.05, 0.1) is 5.69 Å². The Bertz CT molecular complexity index is 1290. The molecule has 35 heavy (non-hydrogen) atoms. The summed E-state index contributed by atoms with van der Waals surface area (Å²) in [6.07, 6.45) is 3.53. The number of anilines is 3. The molecule has 4 rings (SSSR count). The number of hydrogen-bond donors (Lipinski definition) is 3. The molecule has 1 aromatic carbocycles. The fourth-order valence-corrected chi connectivity index (χ4v) is 4.02. The number of rotatable bonds is 6. The Morgan fingerprint density at radius 3 is 2.54 bits per heavy atom. The molecule has 186 valence electrons. The van der Waals surface area contributed by atoms with Crippen molar-refractivity contribution in [3.63, 3.8) is 0 Å². The molecule has 2 fully saturated rings. The third kappa shape index (κ3) is 4.71. The highest BCUT2D eigenvalue weighted by atomic mass is 19.3. The average molecular weight is 488 g/mol. The van der Waals surface area contributed by atoms with Gasteiger partial charge in [-0.3, -0.25) is 14.4 Å². The standard InChI is InChI=1S/C24H26F2N4O5/c1-23(11-24(25,26)12-35-23)15(8-7-13-5-4-6-13)29-17-16(20(32)21(17)33)28-14-9-10-27-18(19(14)31)22(34)30(2)3/h9-10,13,15,29,31H,4-6,11-12H2,1-3H3,(H,27,28)/t15-,23+/m1/s1. The highest BCUT2D eigenvalue weighted by molar-refractivity contribution is 5.97. The first-order valence-corrected chi connectivity index (χ1v) is 11.2. The number of nitrogens with one attached hydrogen (secondary N) is 2. The summed E-state index contributed by atoms with van der Waals surface area (Å²) in [5, 5.41) is 16.0. The minimum absolute atomic E-state index is 0.0210. The monoisotopic (exact) mass is 488 g/mol. The van der Waals surface area contributed by atoms with Gasteiger partial charge in [0.2, 0.25) is 0 Å². The molecule has 11 heteroatoms. The summed E-state index contributed by atoms with van der Waals surface area (Å²) >= 11 is 0. The maximum absolute atomic E-state index is 14.0. The lowest BCUT2D eigenvalue weighted by atomic mass is 9.85. The second-order valence-corrected chi connectivity index (χ2v) is 9.42. The molecule has 0 spiro atoms. The Kier molecular flexibility index (Phi) is 6.27. The van der Waals surface area contributed by atoms with E-state index in [0.717, 1.165) is 19.3 Å². The molecule has 1 aromatic heterocycles. The number of pyridine rings is 1. The second kappa shape index (κ2) is 8.92. The van der Waals surface area contributed by atoms with Crippen LogP contribution in [0.3, 0.4) is 0 Å². The zero-order valence-electron chi connectivity index (χ0n) is 19.6. The number of carbonyl (C=O) groups excluding carboxylic acids is 1. The maximum atomic E-state index is 14.0. The van der Waals surface area contributed by atoms with Crippen LogP contribution < -0.4 is 21.5 Å². The maximum Gasteiger partial charge on any atom is 0.275 e. The third-order valence-corrected chi connectivity index (χ3v) is 6.36. The van der Waals surface area contributed by atoms with E-state index in [0.29, 0.717) is 0 Å². The van der Waals surface area contributed by atoms with E-state index in [1.165, 1.54) is 38.2 Å². The SMILES string of the molecule is CN(C)C(=O)c1nccc(Nc2c(N[C@H](C#CC3CCC3)[C@]3(C)CC(F)(F)CO3)c(=O)c2=O)c1O. The van der Waals surface area contributed by atoms with Crippen LogP contribution in [0.1, 0.15) is 43.1 Å². The van der Waals surface area contributed by atoms with Crippen molar-refractivity contribution in [2.75, 3.05) is 31.3 Å². The zero-order chi connectivity index (χ0) is 25.5. The molecule has 0 unspecified atom stereocenters. The Balaban J connectivity index is 1.64. The van der Waals surface area contributed by atoms with Crippen LogP contribution in [0, 0.1) is 17.8 Å². The lowest BCUT2D eigenvalue weighted by molar-refractivity contribution is -0.0205. The topological polar surface area (TPSA) is 121 Å². The summed E-state index contributed by atoms with van der Waals surface area (Å²) in [6, 6.07) is 0.343. The van der Waals surface area contributed by atoms with Crippen molar-refractivity contribution in [1.29, 1.82) is 0 Å². The number of ether oxygens (including phenoxy) is 1. The predicted molar refractivity (Wildman–Crippen MR) is 125 cm³/mol. The molecule has 1 saturated carbocycles. The van der Waals surface area contributed by atoms with Crippen LogP contribution in [0.15, 0.2) is 21.9 Å². The van der Waals surface area contributed by atoms with Gasteiger partial charge in [-0.2, -0.15) is 0 Å². The molecule has 1 amide bonds. The van der Waals surface area contributed by atoms with Crippen LogP contribution >= 0.6 is 0 Å². The normalized spacial score (nSPS) is 22.1. The predicted octanol–water partition coefficient (Wildman–Crippen LogP) is 2.23. The Morgan fingerprint density at radius 1 is 1.29 bits per heavy atom. The number of nitrogens with zero attached hydrogens (tertiary/aromatic N) is 2. The highest BCUT2D eigenvalue weighted by Crippen LogP contribution is 2.40. The van der Waals surface area contributed by atoms with Crippen LogP contribution in [0.25, 0.3) is 0 Å². The average Bonchev–Trinajstić information content (AvgIpc) is 3.07. The van der Waals surface area contributed by atoms with Gasteiger partial charge in [-0.25, -0.2) is 13.8 Å². The minimum Gasteiger partial charge on any atom is -0.504 e. The molecule has 3 N–H and O–H groups in total. The molecule has 2 aliphatic rings. The molecule has 1 saturated heterocycles. The third-order valence-electron chi connectivity index (χ3n) is 6.36. The van der Waals surface area contributed by atoms with E-state index in [4.69, 9.17) is 4.74 Å². The Morgan fingerprint density at radius 2 is 1.97 bits per heavy atom. The number of alkyl halides is 2. The summed E-state index contributed by atoms with van der Waals surface area (Å²) in [4.78, 5) is 42.1. The summed E-state index contributed by atoms with van der Waals surface area (Å²) < 4.78 is 33.4. The van der Waals surface area contributed by atoms with Crippen LogP contribution in [-0.2, 0) is 4.74 Å². The van der Waals surface area contributed by atoms with E-state index in [9.17, 15) is 28.3 Å². The molecular formula is C24H26F2N4O5. The molecule has 2 heterocycles.